The molecule has 32 heavy (non-hydrogen) atoms. The van der Waals surface area contributed by atoms with Gasteiger partial charge in [0.15, 0.2) is 5.82 Å². The van der Waals surface area contributed by atoms with Crippen LogP contribution in [0.25, 0.3) is 0 Å². The molecule has 2 aromatic rings. The third-order valence-electron chi connectivity index (χ3n) is 4.80. The van der Waals surface area contributed by atoms with Crippen molar-refractivity contribution in [3.05, 3.63) is 63.3 Å². The maximum Gasteiger partial charge on any atom is 0.435 e. The molecule has 0 saturated heterocycles. The molecule has 0 fully saturated rings. The molecule has 0 heterocycles. The van der Waals surface area contributed by atoms with Crippen LogP contribution in [0.15, 0.2) is 35.5 Å². The molecule has 0 aliphatic heterocycles. The van der Waals surface area contributed by atoms with E-state index in [1.54, 1.807) is 0 Å². The van der Waals surface area contributed by atoms with Crippen LogP contribution in [0, 0.1) is 10.7 Å². The lowest BCUT2D eigenvalue weighted by molar-refractivity contribution is -0.348. The second kappa shape index (κ2) is 8.83. The van der Waals surface area contributed by atoms with Crippen molar-refractivity contribution in [2.45, 2.75) is 44.7 Å². The van der Waals surface area contributed by atoms with E-state index in [1.807, 2.05) is 0 Å². The summed E-state index contributed by atoms with van der Waals surface area (Å²) in [4.78, 5) is 23.1. The number of hydrogen-bond acceptors (Lipinski definition) is 3. The van der Waals surface area contributed by atoms with Crippen LogP contribution >= 0.6 is 0 Å². The number of halogens is 8. The number of benzene rings is 2. The molecule has 1 amide bonds. The Morgan fingerprint density at radius 2 is 1.44 bits per heavy atom. The van der Waals surface area contributed by atoms with Crippen LogP contribution < -0.4 is 5.32 Å². The normalized spacial score (nSPS) is 12.6. The number of alkyl halides is 7. The first-order valence-electron chi connectivity index (χ1n) is 9.14. The molecule has 0 radical (unpaired) electrons. The molecule has 0 atom stereocenters. The number of aryl methyl sites for hydroxylation is 2. The summed E-state index contributed by atoms with van der Waals surface area (Å²) in [7, 11) is 0. The number of rotatable bonds is 6. The second-order valence-electron chi connectivity index (χ2n) is 6.71. The number of nitrogens with one attached hydrogen (secondary N) is 1. The lowest BCUT2D eigenvalue weighted by Gasteiger charge is -2.31. The van der Waals surface area contributed by atoms with Crippen molar-refractivity contribution in [3.63, 3.8) is 0 Å². The molecule has 2 rings (SSSR count). The fourth-order valence-electron chi connectivity index (χ4n) is 3.12. The number of carbonyl (C=O) groups excluding carboxylic acids is 1. The highest BCUT2D eigenvalue weighted by atomic mass is 19.4. The first-order valence-corrected chi connectivity index (χ1v) is 9.14. The van der Waals surface area contributed by atoms with Crippen LogP contribution in [0.5, 0.6) is 0 Å². The average Bonchev–Trinajstić information content (AvgIpc) is 2.71. The standard InChI is InChI=1S/C20H16F8N2O2/c1-3-10-8-12(18(22,19(23,24)25)20(26,27)28)9-11(4-2)16(10)29-17(31)13-6-5-7-14(30-32)15(13)21/h5-9H,3-4H2,1-2H3,(H,29,31). The van der Waals surface area contributed by atoms with E-state index in [1.165, 1.54) is 13.8 Å². The second-order valence-corrected chi connectivity index (χ2v) is 6.71. The molecular weight excluding hydrogens is 452 g/mol. The molecule has 0 spiro atoms. The molecule has 0 aliphatic carbocycles. The van der Waals surface area contributed by atoms with E-state index in [0.29, 0.717) is 12.1 Å². The summed E-state index contributed by atoms with van der Waals surface area (Å²) in [6, 6.07) is 3.90. The average molecular weight is 468 g/mol. The molecule has 0 aliphatic rings. The molecule has 0 saturated carbocycles. The van der Waals surface area contributed by atoms with Gasteiger partial charge in [-0.3, -0.25) is 4.79 Å². The highest BCUT2D eigenvalue weighted by Gasteiger charge is 2.73. The summed E-state index contributed by atoms with van der Waals surface area (Å²) in [6.45, 7) is 2.74. The minimum atomic E-state index is -6.29. The molecule has 2 aromatic carbocycles. The van der Waals surface area contributed by atoms with Crippen LogP contribution in [0.3, 0.4) is 0 Å². The van der Waals surface area contributed by atoms with E-state index in [9.17, 15) is 44.8 Å². The number of amides is 1. The summed E-state index contributed by atoms with van der Waals surface area (Å²) in [5, 5.41) is 4.65. The van der Waals surface area contributed by atoms with Crippen LogP contribution in [0.2, 0.25) is 0 Å². The van der Waals surface area contributed by atoms with Gasteiger partial charge in [0, 0.05) is 11.3 Å². The fourth-order valence-corrected chi connectivity index (χ4v) is 3.12. The number of nitroso groups, excluding NO2 is 1. The van der Waals surface area contributed by atoms with Crippen molar-refractivity contribution >= 4 is 17.3 Å². The predicted molar refractivity (Wildman–Crippen MR) is 99.9 cm³/mol. The Balaban J connectivity index is 2.65. The van der Waals surface area contributed by atoms with Gasteiger partial charge in [0.25, 0.3) is 5.91 Å². The van der Waals surface area contributed by atoms with E-state index >= 15 is 0 Å². The van der Waals surface area contributed by atoms with E-state index in [2.05, 4.69) is 10.5 Å². The molecule has 4 nitrogen and oxygen atoms in total. The Morgan fingerprint density at radius 3 is 1.84 bits per heavy atom. The Hall–Kier alpha value is -3.05. The van der Waals surface area contributed by atoms with Gasteiger partial charge in [0.2, 0.25) is 0 Å². The SMILES string of the molecule is CCc1cc(C(F)(C(F)(F)F)C(F)(F)F)cc(CC)c1NC(=O)c1cccc(N=O)c1F. The van der Waals surface area contributed by atoms with Gasteiger partial charge < -0.3 is 5.32 Å². The molecule has 0 aromatic heterocycles. The van der Waals surface area contributed by atoms with Gasteiger partial charge in [0.05, 0.1) is 5.56 Å². The maximum atomic E-state index is 14.5. The molecule has 0 bridgehead atoms. The zero-order valence-electron chi connectivity index (χ0n) is 16.6. The van der Waals surface area contributed by atoms with Crippen molar-refractivity contribution in [2.75, 3.05) is 5.32 Å². The molecule has 12 heteroatoms. The summed E-state index contributed by atoms with van der Waals surface area (Å²) < 4.78 is 108. The lowest BCUT2D eigenvalue weighted by atomic mass is 9.88. The number of hydrogen-bond donors (Lipinski definition) is 1. The number of anilines is 1. The third kappa shape index (κ3) is 4.30. The van der Waals surface area contributed by atoms with Crippen LogP contribution in [-0.2, 0) is 18.5 Å². The monoisotopic (exact) mass is 468 g/mol. The van der Waals surface area contributed by atoms with Crippen molar-refractivity contribution in [1.29, 1.82) is 0 Å². The van der Waals surface area contributed by atoms with E-state index in [4.69, 9.17) is 0 Å². The Kier molecular flexibility index (Phi) is 6.96. The Morgan fingerprint density at radius 1 is 0.938 bits per heavy atom. The van der Waals surface area contributed by atoms with E-state index in [0.717, 1.165) is 18.2 Å². The van der Waals surface area contributed by atoms with Gasteiger partial charge >= 0.3 is 18.0 Å². The smallest absolute Gasteiger partial charge is 0.321 e. The molecule has 0 unspecified atom stereocenters. The Bertz CT molecular complexity index is 992. The van der Waals surface area contributed by atoms with Gasteiger partial charge in [-0.15, -0.1) is 4.91 Å². The first kappa shape index (κ1) is 25.2. The predicted octanol–water partition coefficient (Wildman–Crippen LogP) is 6.89. The minimum absolute atomic E-state index is 0.180. The van der Waals surface area contributed by atoms with Gasteiger partial charge in [-0.25, -0.2) is 8.78 Å². The van der Waals surface area contributed by atoms with E-state index < -0.39 is 46.6 Å². The third-order valence-corrected chi connectivity index (χ3v) is 4.80. The molecule has 174 valence electrons. The van der Waals surface area contributed by atoms with Gasteiger partial charge in [-0.1, -0.05) is 19.9 Å². The van der Waals surface area contributed by atoms with E-state index in [-0.39, 0.29) is 29.7 Å². The maximum absolute atomic E-state index is 14.5. The van der Waals surface area contributed by atoms with Gasteiger partial charge in [-0.05, 0) is 53.4 Å². The first-order chi connectivity index (χ1) is 14.7. The summed E-state index contributed by atoms with van der Waals surface area (Å²) in [5.74, 6) is -2.38. The van der Waals surface area contributed by atoms with Crippen molar-refractivity contribution in [1.82, 2.24) is 0 Å². The van der Waals surface area contributed by atoms with Crippen LogP contribution in [0.1, 0.15) is 40.9 Å². The molecular formula is C20H16F8N2O2. The summed E-state index contributed by atoms with van der Waals surface area (Å²) in [5.41, 5.74) is -9.24. The highest BCUT2D eigenvalue weighted by Crippen LogP contribution is 2.54. The van der Waals surface area contributed by atoms with Gasteiger partial charge in [-0.2, -0.15) is 26.3 Å². The highest BCUT2D eigenvalue weighted by molar-refractivity contribution is 6.05. The number of carbonyl (C=O) groups is 1. The zero-order chi connectivity index (χ0) is 24.5. The minimum Gasteiger partial charge on any atom is -0.321 e. The Labute approximate surface area is 176 Å². The molecule has 1 N–H and O–H groups in total. The fraction of sp³-hybridized carbons (Fsp3) is 0.350. The van der Waals surface area contributed by atoms with Crippen molar-refractivity contribution in [2.24, 2.45) is 5.18 Å². The van der Waals surface area contributed by atoms with Crippen molar-refractivity contribution < 1.29 is 39.9 Å². The van der Waals surface area contributed by atoms with Gasteiger partial charge in [0.1, 0.15) is 5.69 Å². The zero-order valence-corrected chi connectivity index (χ0v) is 16.6. The topological polar surface area (TPSA) is 58.5 Å². The largest absolute Gasteiger partial charge is 0.435 e. The van der Waals surface area contributed by atoms with Crippen molar-refractivity contribution in [3.8, 4) is 0 Å². The van der Waals surface area contributed by atoms with Crippen LogP contribution in [0.4, 0.5) is 46.5 Å². The summed E-state index contributed by atoms with van der Waals surface area (Å²) >= 11 is 0. The van der Waals surface area contributed by atoms with Crippen LogP contribution in [-0.4, -0.2) is 18.3 Å². The lowest BCUT2D eigenvalue weighted by Crippen LogP contribution is -2.50. The number of nitrogens with zero attached hydrogens (tertiary/aromatic N) is 1. The quantitative estimate of drug-likeness (QED) is 0.371. The summed E-state index contributed by atoms with van der Waals surface area (Å²) in [6.07, 6.45) is -12.9.